The Morgan fingerprint density at radius 3 is 2.59 bits per heavy atom. The van der Waals surface area contributed by atoms with Gasteiger partial charge in [-0.1, -0.05) is 30.3 Å². The molecule has 0 spiro atoms. The molecule has 0 fully saturated rings. The summed E-state index contributed by atoms with van der Waals surface area (Å²) < 4.78 is 39.6. The molecule has 0 bridgehead atoms. The van der Waals surface area contributed by atoms with Crippen molar-refractivity contribution in [3.63, 3.8) is 0 Å². The monoisotopic (exact) mass is 370 g/mol. The number of alkyl halides is 3. The second kappa shape index (κ2) is 6.90. The molecule has 4 rings (SSSR count). The quantitative estimate of drug-likeness (QED) is 0.677. The molecule has 7 heteroatoms. The first-order valence-corrected chi connectivity index (χ1v) is 8.64. The van der Waals surface area contributed by atoms with Gasteiger partial charge in [-0.3, -0.25) is 0 Å². The fraction of sp³-hybridized carbons (Fsp3) is 0.200. The third-order valence-electron chi connectivity index (χ3n) is 4.51. The summed E-state index contributed by atoms with van der Waals surface area (Å²) >= 11 is 0. The largest absolute Gasteiger partial charge is 0.418 e. The first kappa shape index (κ1) is 17.3. The summed E-state index contributed by atoms with van der Waals surface area (Å²) in [6.07, 6.45) is -0.909. The number of hydrogen-bond donors (Lipinski definition) is 1. The predicted octanol–water partition coefficient (Wildman–Crippen LogP) is 5.32. The standard InChI is InChI=1S/C20H17F3N4/c21-20(22,23)15-8-2-3-9-16(15)25-19-24-12-11-18(26-19)27-13-5-7-14-6-1-4-10-17(14)27/h1-4,6,8-12H,5,7,13H2,(H,24,25,26). The van der Waals surface area contributed by atoms with E-state index in [9.17, 15) is 13.2 Å². The van der Waals surface area contributed by atoms with E-state index in [1.54, 1.807) is 18.3 Å². The Bertz CT molecular complexity index is 956. The van der Waals surface area contributed by atoms with Gasteiger partial charge in [0.05, 0.1) is 11.3 Å². The summed E-state index contributed by atoms with van der Waals surface area (Å²) in [5, 5.41) is 2.71. The van der Waals surface area contributed by atoms with Gasteiger partial charge in [0.2, 0.25) is 5.95 Å². The van der Waals surface area contributed by atoms with Crippen LogP contribution in [0.25, 0.3) is 0 Å². The van der Waals surface area contributed by atoms with Crippen molar-refractivity contribution in [3.05, 3.63) is 71.9 Å². The van der Waals surface area contributed by atoms with Crippen LogP contribution in [0.4, 0.5) is 36.3 Å². The fourth-order valence-electron chi connectivity index (χ4n) is 3.29. The SMILES string of the molecule is FC(F)(F)c1ccccc1Nc1nccc(N2CCCc3ccccc32)n1. The lowest BCUT2D eigenvalue weighted by Gasteiger charge is -2.30. The van der Waals surface area contributed by atoms with Crippen molar-refractivity contribution < 1.29 is 13.2 Å². The van der Waals surface area contributed by atoms with E-state index in [4.69, 9.17) is 0 Å². The average molecular weight is 370 g/mol. The third-order valence-corrected chi connectivity index (χ3v) is 4.51. The fourth-order valence-corrected chi connectivity index (χ4v) is 3.29. The van der Waals surface area contributed by atoms with Gasteiger partial charge < -0.3 is 10.2 Å². The van der Waals surface area contributed by atoms with E-state index in [0.29, 0.717) is 5.82 Å². The van der Waals surface area contributed by atoms with E-state index < -0.39 is 11.7 Å². The number of aryl methyl sites for hydroxylation is 1. The molecule has 1 N–H and O–H groups in total. The number of anilines is 4. The van der Waals surface area contributed by atoms with Crippen LogP contribution in [0.15, 0.2) is 60.8 Å². The molecular formula is C20H17F3N4. The van der Waals surface area contributed by atoms with Gasteiger partial charge in [0.1, 0.15) is 5.82 Å². The number of rotatable bonds is 3. The zero-order valence-electron chi connectivity index (χ0n) is 14.4. The van der Waals surface area contributed by atoms with Crippen LogP contribution >= 0.6 is 0 Å². The number of nitrogens with zero attached hydrogens (tertiary/aromatic N) is 3. The Morgan fingerprint density at radius 1 is 0.963 bits per heavy atom. The van der Waals surface area contributed by atoms with Gasteiger partial charge in [0.25, 0.3) is 0 Å². The molecule has 0 aliphatic carbocycles. The van der Waals surface area contributed by atoms with E-state index in [1.165, 1.54) is 17.7 Å². The molecule has 0 atom stereocenters. The first-order valence-electron chi connectivity index (χ1n) is 8.64. The Kier molecular flexibility index (Phi) is 4.43. The van der Waals surface area contributed by atoms with Crippen LogP contribution in [-0.2, 0) is 12.6 Å². The Hall–Kier alpha value is -3.09. The van der Waals surface area contributed by atoms with Crippen LogP contribution in [0.3, 0.4) is 0 Å². The lowest BCUT2D eigenvalue weighted by Crippen LogP contribution is -2.25. The Morgan fingerprint density at radius 2 is 1.74 bits per heavy atom. The predicted molar refractivity (Wildman–Crippen MR) is 98.5 cm³/mol. The molecule has 0 unspecified atom stereocenters. The summed E-state index contributed by atoms with van der Waals surface area (Å²) in [5.74, 6) is 0.788. The average Bonchev–Trinajstić information content (AvgIpc) is 2.67. The number of halogens is 3. The molecule has 3 aromatic rings. The minimum Gasteiger partial charge on any atom is -0.326 e. The van der Waals surface area contributed by atoms with Crippen molar-refractivity contribution in [2.45, 2.75) is 19.0 Å². The van der Waals surface area contributed by atoms with Crippen molar-refractivity contribution >= 4 is 23.1 Å². The molecule has 0 amide bonds. The van der Waals surface area contributed by atoms with Crippen LogP contribution < -0.4 is 10.2 Å². The maximum absolute atomic E-state index is 13.2. The van der Waals surface area contributed by atoms with Gasteiger partial charge in [-0.2, -0.15) is 18.2 Å². The van der Waals surface area contributed by atoms with E-state index in [2.05, 4.69) is 26.3 Å². The molecule has 0 saturated heterocycles. The highest BCUT2D eigenvalue weighted by Gasteiger charge is 2.33. The lowest BCUT2D eigenvalue weighted by atomic mass is 10.0. The minimum atomic E-state index is -4.45. The van der Waals surface area contributed by atoms with Crippen molar-refractivity contribution in [1.29, 1.82) is 0 Å². The topological polar surface area (TPSA) is 41.1 Å². The second-order valence-electron chi connectivity index (χ2n) is 6.29. The number of aromatic nitrogens is 2. The van der Waals surface area contributed by atoms with Crippen LogP contribution in [0.5, 0.6) is 0 Å². The van der Waals surface area contributed by atoms with Crippen LogP contribution in [0, 0.1) is 0 Å². The molecule has 2 heterocycles. The Balaban J connectivity index is 1.66. The van der Waals surface area contributed by atoms with E-state index >= 15 is 0 Å². The number of fused-ring (bicyclic) bond motifs is 1. The van der Waals surface area contributed by atoms with Gasteiger partial charge in [-0.05, 0) is 42.7 Å². The number of nitrogens with one attached hydrogen (secondary N) is 1. The molecule has 0 radical (unpaired) electrons. The molecule has 4 nitrogen and oxygen atoms in total. The molecule has 27 heavy (non-hydrogen) atoms. The molecular weight excluding hydrogens is 353 g/mol. The summed E-state index contributed by atoms with van der Waals surface area (Å²) in [7, 11) is 0. The second-order valence-corrected chi connectivity index (χ2v) is 6.29. The van der Waals surface area contributed by atoms with Gasteiger partial charge in [0.15, 0.2) is 0 Å². The maximum Gasteiger partial charge on any atom is 0.418 e. The van der Waals surface area contributed by atoms with Crippen molar-refractivity contribution in [2.24, 2.45) is 0 Å². The molecule has 1 aromatic heterocycles. The molecule has 2 aromatic carbocycles. The maximum atomic E-state index is 13.2. The molecule has 0 saturated carbocycles. The molecule has 138 valence electrons. The minimum absolute atomic E-state index is 0.0683. The summed E-state index contributed by atoms with van der Waals surface area (Å²) in [4.78, 5) is 10.6. The molecule has 1 aliphatic heterocycles. The normalized spacial score (nSPS) is 14.0. The third kappa shape index (κ3) is 3.58. The number of hydrogen-bond acceptors (Lipinski definition) is 4. The highest BCUT2D eigenvalue weighted by molar-refractivity contribution is 5.67. The van der Waals surface area contributed by atoms with Crippen molar-refractivity contribution in [2.75, 3.05) is 16.8 Å². The van der Waals surface area contributed by atoms with Crippen molar-refractivity contribution in [3.8, 4) is 0 Å². The first-order chi connectivity index (χ1) is 13.0. The summed E-state index contributed by atoms with van der Waals surface area (Å²) in [5.41, 5.74) is 1.49. The zero-order valence-corrected chi connectivity index (χ0v) is 14.4. The highest BCUT2D eigenvalue weighted by atomic mass is 19.4. The number of benzene rings is 2. The van der Waals surface area contributed by atoms with Gasteiger partial charge >= 0.3 is 6.18 Å². The lowest BCUT2D eigenvalue weighted by molar-refractivity contribution is -0.136. The van der Waals surface area contributed by atoms with E-state index in [-0.39, 0.29) is 11.6 Å². The van der Waals surface area contributed by atoms with E-state index in [0.717, 1.165) is 31.1 Å². The van der Waals surface area contributed by atoms with E-state index in [1.807, 2.05) is 18.2 Å². The molecule has 1 aliphatic rings. The van der Waals surface area contributed by atoms with Crippen molar-refractivity contribution in [1.82, 2.24) is 9.97 Å². The van der Waals surface area contributed by atoms with Gasteiger partial charge in [-0.15, -0.1) is 0 Å². The zero-order chi connectivity index (χ0) is 18.9. The van der Waals surface area contributed by atoms with Crippen LogP contribution in [-0.4, -0.2) is 16.5 Å². The van der Waals surface area contributed by atoms with Gasteiger partial charge in [-0.25, -0.2) is 4.98 Å². The van der Waals surface area contributed by atoms with Gasteiger partial charge in [0, 0.05) is 18.4 Å². The number of para-hydroxylation sites is 2. The summed E-state index contributed by atoms with van der Waals surface area (Å²) in [6, 6.07) is 15.2. The Labute approximate surface area is 154 Å². The van der Waals surface area contributed by atoms with Crippen LogP contribution in [0.1, 0.15) is 17.5 Å². The smallest absolute Gasteiger partial charge is 0.326 e. The highest BCUT2D eigenvalue weighted by Crippen LogP contribution is 2.36. The van der Waals surface area contributed by atoms with Crippen LogP contribution in [0.2, 0.25) is 0 Å². The summed E-state index contributed by atoms with van der Waals surface area (Å²) in [6.45, 7) is 0.798.